The van der Waals surface area contributed by atoms with Crippen LogP contribution in [0.5, 0.6) is 0 Å². The number of aryl methyl sites for hydroxylation is 1. The van der Waals surface area contributed by atoms with Crippen molar-refractivity contribution in [3.63, 3.8) is 0 Å². The molecule has 0 bridgehead atoms. The lowest BCUT2D eigenvalue weighted by molar-refractivity contribution is 0.448. The van der Waals surface area contributed by atoms with E-state index in [0.717, 1.165) is 5.56 Å². The SMILES string of the molecule is C[C@@H](NS(=O)(=O)Cc1noc2ccccc12)c1cnn(C)c1. The fourth-order valence-electron chi connectivity index (χ4n) is 2.26. The first-order chi connectivity index (χ1) is 10.4. The van der Waals surface area contributed by atoms with Crippen LogP contribution in [0.3, 0.4) is 0 Å². The van der Waals surface area contributed by atoms with E-state index in [9.17, 15) is 8.42 Å². The van der Waals surface area contributed by atoms with Crippen LogP contribution in [0.4, 0.5) is 0 Å². The molecule has 3 aromatic rings. The van der Waals surface area contributed by atoms with Crippen LogP contribution in [0.1, 0.15) is 24.2 Å². The van der Waals surface area contributed by atoms with Gasteiger partial charge >= 0.3 is 0 Å². The van der Waals surface area contributed by atoms with E-state index in [-0.39, 0.29) is 11.8 Å². The summed E-state index contributed by atoms with van der Waals surface area (Å²) >= 11 is 0. The Bertz CT molecular complexity index is 898. The van der Waals surface area contributed by atoms with E-state index in [2.05, 4.69) is 15.0 Å². The van der Waals surface area contributed by atoms with Crippen molar-refractivity contribution in [3.8, 4) is 0 Å². The predicted molar refractivity (Wildman–Crippen MR) is 81.4 cm³/mol. The normalized spacial score (nSPS) is 13.5. The van der Waals surface area contributed by atoms with E-state index in [1.165, 1.54) is 0 Å². The summed E-state index contributed by atoms with van der Waals surface area (Å²) in [6.45, 7) is 1.77. The molecule has 0 saturated heterocycles. The zero-order chi connectivity index (χ0) is 15.7. The first-order valence-electron chi connectivity index (χ1n) is 6.76. The second-order valence-corrected chi connectivity index (χ2v) is 6.93. The zero-order valence-corrected chi connectivity index (χ0v) is 13.0. The van der Waals surface area contributed by atoms with E-state index < -0.39 is 10.0 Å². The predicted octanol–water partition coefficient (Wildman–Crippen LogP) is 1.74. The van der Waals surface area contributed by atoms with Crippen LogP contribution in [0.2, 0.25) is 0 Å². The molecule has 0 saturated carbocycles. The molecular formula is C14H16N4O3S. The molecule has 0 aliphatic heterocycles. The van der Waals surface area contributed by atoms with E-state index in [1.54, 1.807) is 43.2 Å². The molecule has 1 aromatic carbocycles. The van der Waals surface area contributed by atoms with Crippen molar-refractivity contribution in [1.29, 1.82) is 0 Å². The van der Waals surface area contributed by atoms with Gasteiger partial charge in [-0.05, 0) is 19.1 Å². The van der Waals surface area contributed by atoms with Crippen LogP contribution < -0.4 is 4.72 Å². The molecule has 1 N–H and O–H groups in total. The molecular weight excluding hydrogens is 304 g/mol. The fraction of sp³-hybridized carbons (Fsp3) is 0.286. The minimum Gasteiger partial charge on any atom is -0.356 e. The Kier molecular flexibility index (Phi) is 3.71. The Morgan fingerprint density at radius 3 is 2.86 bits per heavy atom. The van der Waals surface area contributed by atoms with Crippen LogP contribution in [0.25, 0.3) is 11.0 Å². The lowest BCUT2D eigenvalue weighted by Crippen LogP contribution is -2.28. The number of hydrogen-bond donors (Lipinski definition) is 1. The van der Waals surface area contributed by atoms with Gasteiger partial charge in [0.1, 0.15) is 11.4 Å². The molecule has 0 fully saturated rings. The molecule has 2 heterocycles. The van der Waals surface area contributed by atoms with Gasteiger partial charge in [-0.25, -0.2) is 13.1 Å². The highest BCUT2D eigenvalue weighted by atomic mass is 32.2. The van der Waals surface area contributed by atoms with Crippen molar-refractivity contribution >= 4 is 21.0 Å². The number of para-hydroxylation sites is 1. The summed E-state index contributed by atoms with van der Waals surface area (Å²) in [7, 11) is -1.76. The van der Waals surface area contributed by atoms with E-state index >= 15 is 0 Å². The van der Waals surface area contributed by atoms with Crippen LogP contribution in [-0.4, -0.2) is 23.4 Å². The van der Waals surface area contributed by atoms with Crippen molar-refractivity contribution in [3.05, 3.63) is 47.9 Å². The smallest absolute Gasteiger partial charge is 0.218 e. The van der Waals surface area contributed by atoms with Crippen molar-refractivity contribution in [2.45, 2.75) is 18.7 Å². The van der Waals surface area contributed by atoms with Gasteiger partial charge < -0.3 is 4.52 Å². The molecule has 8 heteroatoms. The highest BCUT2D eigenvalue weighted by Crippen LogP contribution is 2.20. The van der Waals surface area contributed by atoms with Gasteiger partial charge in [0, 0.05) is 30.2 Å². The third-order valence-electron chi connectivity index (χ3n) is 3.36. The largest absolute Gasteiger partial charge is 0.356 e. The average molecular weight is 320 g/mol. The van der Waals surface area contributed by atoms with Crippen LogP contribution in [0, 0.1) is 0 Å². The quantitative estimate of drug-likeness (QED) is 0.773. The molecule has 0 amide bonds. The molecule has 0 spiro atoms. The van der Waals surface area contributed by atoms with Gasteiger partial charge in [0.15, 0.2) is 5.58 Å². The van der Waals surface area contributed by atoms with Crippen LogP contribution >= 0.6 is 0 Å². The van der Waals surface area contributed by atoms with Crippen LogP contribution in [-0.2, 0) is 22.8 Å². The zero-order valence-electron chi connectivity index (χ0n) is 12.2. The first kappa shape index (κ1) is 14.7. The number of sulfonamides is 1. The van der Waals surface area contributed by atoms with Gasteiger partial charge in [-0.3, -0.25) is 4.68 Å². The van der Waals surface area contributed by atoms with E-state index in [4.69, 9.17) is 4.52 Å². The summed E-state index contributed by atoms with van der Waals surface area (Å²) in [6, 6.07) is 6.82. The Labute approximate surface area is 128 Å². The maximum absolute atomic E-state index is 12.3. The van der Waals surface area contributed by atoms with Gasteiger partial charge in [-0.1, -0.05) is 17.3 Å². The van der Waals surface area contributed by atoms with Gasteiger partial charge in [0.2, 0.25) is 10.0 Å². The van der Waals surface area contributed by atoms with Gasteiger partial charge in [-0.2, -0.15) is 5.10 Å². The maximum atomic E-state index is 12.3. The summed E-state index contributed by atoms with van der Waals surface area (Å²) in [6.07, 6.45) is 3.41. The Morgan fingerprint density at radius 1 is 1.36 bits per heavy atom. The van der Waals surface area contributed by atoms with Crippen molar-refractivity contribution in [1.82, 2.24) is 19.7 Å². The molecule has 0 aliphatic rings. The molecule has 0 unspecified atom stereocenters. The Balaban J connectivity index is 1.79. The topological polar surface area (TPSA) is 90.0 Å². The van der Waals surface area contributed by atoms with E-state index in [1.807, 2.05) is 12.1 Å². The van der Waals surface area contributed by atoms with E-state index in [0.29, 0.717) is 16.7 Å². The number of benzene rings is 1. The van der Waals surface area contributed by atoms with Crippen molar-refractivity contribution in [2.75, 3.05) is 0 Å². The minimum absolute atomic E-state index is 0.228. The van der Waals surface area contributed by atoms with Gasteiger partial charge in [-0.15, -0.1) is 0 Å². The first-order valence-corrected chi connectivity index (χ1v) is 8.42. The summed E-state index contributed by atoms with van der Waals surface area (Å²) in [5, 5.41) is 8.60. The maximum Gasteiger partial charge on any atom is 0.218 e. The van der Waals surface area contributed by atoms with Gasteiger partial charge in [0.25, 0.3) is 0 Å². The molecule has 116 valence electrons. The van der Waals surface area contributed by atoms with Crippen LogP contribution in [0.15, 0.2) is 41.2 Å². The third kappa shape index (κ3) is 3.02. The summed E-state index contributed by atoms with van der Waals surface area (Å²) in [5.41, 5.74) is 1.78. The third-order valence-corrected chi connectivity index (χ3v) is 4.73. The monoisotopic (exact) mass is 320 g/mol. The lowest BCUT2D eigenvalue weighted by atomic mass is 10.2. The summed E-state index contributed by atoms with van der Waals surface area (Å²) in [5.74, 6) is -0.228. The second kappa shape index (κ2) is 5.54. The molecule has 2 aromatic heterocycles. The Morgan fingerprint density at radius 2 is 2.14 bits per heavy atom. The standard InChI is InChI=1S/C14H16N4O3S/c1-10(11-7-15-18(2)8-11)17-22(19,20)9-13-12-5-3-4-6-14(12)21-16-13/h3-8,10,17H,9H2,1-2H3/t10-/m1/s1. The molecule has 1 atom stereocenters. The Hall–Kier alpha value is -2.19. The van der Waals surface area contributed by atoms with Crippen molar-refractivity contribution in [2.24, 2.45) is 7.05 Å². The second-order valence-electron chi connectivity index (χ2n) is 5.17. The van der Waals surface area contributed by atoms with Gasteiger partial charge in [0.05, 0.1) is 6.20 Å². The minimum atomic E-state index is -3.54. The fourth-order valence-corrected chi connectivity index (χ4v) is 3.59. The molecule has 22 heavy (non-hydrogen) atoms. The van der Waals surface area contributed by atoms with Crippen molar-refractivity contribution < 1.29 is 12.9 Å². The summed E-state index contributed by atoms with van der Waals surface area (Å²) in [4.78, 5) is 0. The number of nitrogens with zero attached hydrogens (tertiary/aromatic N) is 3. The average Bonchev–Trinajstić information content (AvgIpc) is 3.05. The number of aromatic nitrogens is 3. The highest BCUT2D eigenvalue weighted by molar-refractivity contribution is 7.88. The molecule has 0 aliphatic carbocycles. The lowest BCUT2D eigenvalue weighted by Gasteiger charge is -2.11. The molecule has 0 radical (unpaired) electrons. The number of rotatable bonds is 5. The molecule has 3 rings (SSSR count). The molecule has 7 nitrogen and oxygen atoms in total. The number of hydrogen-bond acceptors (Lipinski definition) is 5. The number of nitrogens with one attached hydrogen (secondary N) is 1. The number of fused-ring (bicyclic) bond motifs is 1. The highest BCUT2D eigenvalue weighted by Gasteiger charge is 2.20. The summed E-state index contributed by atoms with van der Waals surface area (Å²) < 4.78 is 34.0.